The third-order valence-corrected chi connectivity index (χ3v) is 10.7. The number of unbranched alkanes of at least 4 members (excludes halogenated alkanes) is 2. The fourth-order valence-electron chi connectivity index (χ4n) is 6.29. The number of fused-ring (bicyclic) bond motifs is 2. The molecule has 1 N–H and O–H groups in total. The summed E-state index contributed by atoms with van der Waals surface area (Å²) in [5, 5.41) is 1.96. The second kappa shape index (κ2) is 17.4. The average Bonchev–Trinajstić information content (AvgIpc) is 3.57. The van der Waals surface area contributed by atoms with Gasteiger partial charge >= 0.3 is 0 Å². The minimum atomic E-state index is -3.34. The minimum absolute atomic E-state index is 0.0891. The number of carbonyl (C=O) groups excluding carboxylic acids is 3. The molecule has 0 radical (unpaired) electrons. The van der Waals surface area contributed by atoms with Crippen molar-refractivity contribution in [3.8, 4) is 11.4 Å². The normalized spacial score (nSPS) is 12.5. The van der Waals surface area contributed by atoms with Gasteiger partial charge in [0.15, 0.2) is 0 Å². The number of sulfonamides is 1. The van der Waals surface area contributed by atoms with Crippen LogP contribution in [-0.4, -0.2) is 72.6 Å². The predicted octanol–water partition coefficient (Wildman–Crippen LogP) is 6.89. The largest absolute Gasteiger partial charge is 0.337 e. The highest BCUT2D eigenvalue weighted by molar-refractivity contribution is 7.89. The number of aromatic nitrogens is 2. The van der Waals surface area contributed by atoms with Crippen molar-refractivity contribution in [2.75, 3.05) is 26.7 Å². The Balaban J connectivity index is 0.000000289. The highest BCUT2D eigenvalue weighted by Crippen LogP contribution is 2.28. The maximum Gasteiger partial charge on any atom is 0.274 e. The lowest BCUT2D eigenvalue weighted by Crippen LogP contribution is -2.36. The van der Waals surface area contributed by atoms with Crippen LogP contribution in [0.1, 0.15) is 81.9 Å². The zero-order valence-corrected chi connectivity index (χ0v) is 31.2. The zero-order valence-electron chi connectivity index (χ0n) is 30.3. The number of rotatable bonds is 12. The van der Waals surface area contributed by atoms with E-state index in [2.05, 4.69) is 30.7 Å². The van der Waals surface area contributed by atoms with Crippen LogP contribution in [0.3, 0.4) is 0 Å². The van der Waals surface area contributed by atoms with Gasteiger partial charge in [-0.15, -0.1) is 0 Å². The number of hydrogen-bond donors (Lipinski definition) is 1. The molecule has 6 rings (SSSR count). The van der Waals surface area contributed by atoms with E-state index in [1.165, 1.54) is 12.6 Å². The Kier molecular flexibility index (Phi) is 12.7. The molecule has 10 nitrogen and oxygen atoms in total. The van der Waals surface area contributed by atoms with E-state index in [-0.39, 0.29) is 11.8 Å². The molecule has 0 saturated heterocycles. The lowest BCUT2D eigenvalue weighted by molar-refractivity contribution is 0.0732. The number of imidazole rings is 1. The summed E-state index contributed by atoms with van der Waals surface area (Å²) in [6.45, 7) is 6.77. The summed E-state index contributed by atoms with van der Waals surface area (Å²) in [5.41, 5.74) is 4.24. The smallest absolute Gasteiger partial charge is 0.274 e. The number of aryl methyl sites for hydroxylation is 1. The third kappa shape index (κ3) is 8.83. The van der Waals surface area contributed by atoms with Gasteiger partial charge in [0.2, 0.25) is 10.0 Å². The number of nitrogens with zero attached hydrogens (tertiary/aromatic N) is 4. The van der Waals surface area contributed by atoms with Gasteiger partial charge in [-0.25, -0.2) is 18.1 Å². The molecule has 0 unspecified atom stereocenters. The summed E-state index contributed by atoms with van der Waals surface area (Å²) in [6.07, 6.45) is 7.19. The van der Waals surface area contributed by atoms with E-state index in [0.717, 1.165) is 54.7 Å². The Hall–Kier alpha value is -5.13. The fourth-order valence-corrected chi connectivity index (χ4v) is 7.06. The molecule has 2 amide bonds. The van der Waals surface area contributed by atoms with Gasteiger partial charge in [0.05, 0.1) is 10.5 Å². The van der Waals surface area contributed by atoms with Gasteiger partial charge in [0.1, 0.15) is 17.8 Å². The van der Waals surface area contributed by atoms with E-state index in [1.807, 2.05) is 53.2 Å². The first-order valence-electron chi connectivity index (χ1n) is 17.8. The molecule has 11 heteroatoms. The van der Waals surface area contributed by atoms with Crippen LogP contribution in [0, 0.1) is 0 Å². The summed E-state index contributed by atoms with van der Waals surface area (Å²) in [5.74, 6) is 0.304. The highest BCUT2D eigenvalue weighted by atomic mass is 32.2. The summed E-state index contributed by atoms with van der Waals surface area (Å²) < 4.78 is 27.2. The molecule has 0 saturated carbocycles. The van der Waals surface area contributed by atoms with E-state index in [1.54, 1.807) is 47.2 Å². The van der Waals surface area contributed by atoms with Crippen LogP contribution < -0.4 is 4.72 Å². The van der Waals surface area contributed by atoms with Crippen molar-refractivity contribution in [3.05, 3.63) is 119 Å². The zero-order chi connectivity index (χ0) is 37.3. The fraction of sp³-hybridized carbons (Fsp3) is 0.317. The summed E-state index contributed by atoms with van der Waals surface area (Å²) >= 11 is 0. The molecular weight excluding hydrogens is 675 g/mol. The van der Waals surface area contributed by atoms with Crippen LogP contribution in [0.4, 0.5) is 0 Å². The molecule has 1 aliphatic heterocycles. The van der Waals surface area contributed by atoms with Gasteiger partial charge in [-0.3, -0.25) is 14.4 Å². The Morgan fingerprint density at radius 3 is 2.23 bits per heavy atom. The van der Waals surface area contributed by atoms with Gasteiger partial charge in [0, 0.05) is 50.6 Å². The van der Waals surface area contributed by atoms with Gasteiger partial charge in [-0.05, 0) is 72.5 Å². The molecule has 1 aromatic heterocycles. The maximum atomic E-state index is 13.8. The summed E-state index contributed by atoms with van der Waals surface area (Å²) in [6, 6.07) is 26.0. The SMILES string of the molecule is CCCCN(CCCC)C(=O)c1cn(C)c(-c2ccc(C=O)cc2C(=O)N2CCc3ccccc3C2)n1.CNS(=O)(=O)c1ccc2ccccc2c1. The molecule has 0 bridgehead atoms. The minimum Gasteiger partial charge on any atom is -0.337 e. The molecule has 4 aromatic carbocycles. The molecule has 52 heavy (non-hydrogen) atoms. The first-order chi connectivity index (χ1) is 25.1. The molecule has 0 atom stereocenters. The highest BCUT2D eigenvalue weighted by Gasteiger charge is 2.27. The third-order valence-electron chi connectivity index (χ3n) is 9.31. The number of benzene rings is 4. The number of hydrogen-bond acceptors (Lipinski definition) is 6. The molecular formula is C41H47N5O5S. The van der Waals surface area contributed by atoms with Crippen molar-refractivity contribution in [2.45, 2.75) is 57.4 Å². The number of amides is 2. The maximum absolute atomic E-state index is 13.8. The molecule has 0 aliphatic carbocycles. The van der Waals surface area contributed by atoms with Crippen LogP contribution in [-0.2, 0) is 30.0 Å². The van der Waals surface area contributed by atoms with Crippen molar-refractivity contribution in [1.29, 1.82) is 0 Å². The summed E-state index contributed by atoms with van der Waals surface area (Å²) in [4.78, 5) is 47.4. The van der Waals surface area contributed by atoms with Crippen LogP contribution in [0.5, 0.6) is 0 Å². The van der Waals surface area contributed by atoms with E-state index >= 15 is 0 Å². The topological polar surface area (TPSA) is 122 Å². The number of carbonyl (C=O) groups is 3. The van der Waals surface area contributed by atoms with Gasteiger partial charge < -0.3 is 14.4 Å². The first-order valence-corrected chi connectivity index (χ1v) is 19.3. The first kappa shape index (κ1) is 38.1. The van der Waals surface area contributed by atoms with E-state index in [9.17, 15) is 22.8 Å². The van der Waals surface area contributed by atoms with Crippen molar-refractivity contribution in [1.82, 2.24) is 24.1 Å². The molecule has 5 aromatic rings. The second-order valence-electron chi connectivity index (χ2n) is 12.9. The standard InChI is InChI=1S/C30H36N4O3.C11H11NO2S/c1-4-6-15-33(16-7-5-2)30(37)27-20-32(3)28(31-27)25-13-12-22(21-35)18-26(25)29(36)34-17-14-23-10-8-9-11-24(23)19-34;1-12-15(13,14)11-7-6-9-4-2-3-5-10(9)8-11/h8-13,18,20-21H,4-7,14-17,19H2,1-3H3;2-8,12H,1H3. The van der Waals surface area contributed by atoms with Gasteiger partial charge in [-0.2, -0.15) is 0 Å². The Morgan fingerprint density at radius 1 is 0.885 bits per heavy atom. The molecule has 0 spiro atoms. The van der Waals surface area contributed by atoms with Crippen LogP contribution in [0.2, 0.25) is 0 Å². The summed E-state index contributed by atoms with van der Waals surface area (Å²) in [7, 11) is -0.0985. The quantitative estimate of drug-likeness (QED) is 0.140. The molecule has 2 heterocycles. The monoisotopic (exact) mass is 721 g/mol. The van der Waals surface area contributed by atoms with Crippen molar-refractivity contribution in [3.63, 3.8) is 0 Å². The van der Waals surface area contributed by atoms with Crippen molar-refractivity contribution >= 4 is 38.9 Å². The molecule has 272 valence electrons. The number of aldehydes is 1. The van der Waals surface area contributed by atoms with Gasteiger partial charge in [-0.1, -0.05) is 87.4 Å². The van der Waals surface area contributed by atoms with Gasteiger partial charge in [0.25, 0.3) is 11.8 Å². The second-order valence-corrected chi connectivity index (χ2v) is 14.8. The lowest BCUT2D eigenvalue weighted by atomic mass is 9.97. The van der Waals surface area contributed by atoms with Crippen molar-refractivity contribution < 1.29 is 22.8 Å². The Bertz CT molecular complexity index is 2150. The molecule has 0 fully saturated rings. The number of nitrogens with one attached hydrogen (secondary N) is 1. The Morgan fingerprint density at radius 2 is 1.56 bits per heavy atom. The Labute approximate surface area is 306 Å². The van der Waals surface area contributed by atoms with Crippen LogP contribution in [0.15, 0.2) is 96.0 Å². The van der Waals surface area contributed by atoms with E-state index in [4.69, 9.17) is 4.98 Å². The average molecular weight is 722 g/mol. The van der Waals surface area contributed by atoms with Crippen molar-refractivity contribution in [2.24, 2.45) is 7.05 Å². The predicted molar refractivity (Wildman–Crippen MR) is 205 cm³/mol. The van der Waals surface area contributed by atoms with E-state index < -0.39 is 10.0 Å². The van der Waals surface area contributed by atoms with E-state index in [0.29, 0.717) is 59.3 Å². The van der Waals surface area contributed by atoms with Crippen LogP contribution >= 0.6 is 0 Å². The molecule has 1 aliphatic rings. The van der Waals surface area contributed by atoms with Crippen LogP contribution in [0.25, 0.3) is 22.2 Å². The lowest BCUT2D eigenvalue weighted by Gasteiger charge is -2.29.